The molecule has 1 aliphatic heterocycles. The molecule has 0 radical (unpaired) electrons. The van der Waals surface area contributed by atoms with Crippen LogP contribution in [-0.2, 0) is 14.8 Å². The summed E-state index contributed by atoms with van der Waals surface area (Å²) >= 11 is 0. The van der Waals surface area contributed by atoms with Crippen molar-refractivity contribution in [2.45, 2.75) is 37.6 Å². The van der Waals surface area contributed by atoms with Gasteiger partial charge in [0.1, 0.15) is 6.04 Å². The van der Waals surface area contributed by atoms with Crippen LogP contribution in [0.25, 0.3) is 0 Å². The van der Waals surface area contributed by atoms with Crippen molar-refractivity contribution in [3.8, 4) is 0 Å². The predicted octanol–water partition coefficient (Wildman–Crippen LogP) is 2.86. The van der Waals surface area contributed by atoms with E-state index in [1.807, 2.05) is 13.8 Å². The highest BCUT2D eigenvalue weighted by molar-refractivity contribution is 7.92. The quantitative estimate of drug-likeness (QED) is 0.707. The Balaban J connectivity index is 1.75. The lowest BCUT2D eigenvalue weighted by Gasteiger charge is -2.24. The minimum Gasteiger partial charge on any atom is -0.354 e. The Bertz CT molecular complexity index is 1010. The summed E-state index contributed by atoms with van der Waals surface area (Å²) < 4.78 is 27.6. The van der Waals surface area contributed by atoms with E-state index in [0.29, 0.717) is 36.7 Å². The van der Waals surface area contributed by atoms with Crippen LogP contribution in [0.15, 0.2) is 59.5 Å². The van der Waals surface area contributed by atoms with Gasteiger partial charge < -0.3 is 10.2 Å². The molecule has 1 fully saturated rings. The van der Waals surface area contributed by atoms with Crippen LogP contribution in [0.1, 0.15) is 37.0 Å². The molecule has 8 heteroatoms. The molecule has 0 saturated carbocycles. The highest BCUT2D eigenvalue weighted by atomic mass is 32.2. The molecule has 1 heterocycles. The fraction of sp³-hybridized carbons (Fsp3) is 0.364. The summed E-state index contributed by atoms with van der Waals surface area (Å²) in [5.74, 6) is -0.0951. The summed E-state index contributed by atoms with van der Waals surface area (Å²) in [5, 5.41) is 2.90. The molecule has 7 nitrogen and oxygen atoms in total. The van der Waals surface area contributed by atoms with Crippen LogP contribution in [0.5, 0.6) is 0 Å². The van der Waals surface area contributed by atoms with Crippen LogP contribution in [-0.4, -0.2) is 44.3 Å². The number of anilines is 1. The van der Waals surface area contributed by atoms with Gasteiger partial charge in [0.2, 0.25) is 5.91 Å². The summed E-state index contributed by atoms with van der Waals surface area (Å²) in [4.78, 5) is 27.3. The number of nitrogens with zero attached hydrogens (tertiary/aromatic N) is 1. The second-order valence-electron chi connectivity index (χ2n) is 7.79. The molecule has 2 aromatic rings. The monoisotopic (exact) mass is 429 g/mol. The molecule has 1 saturated heterocycles. The minimum absolute atomic E-state index is 0.142. The number of benzene rings is 2. The maximum absolute atomic E-state index is 13.1. The zero-order valence-electron chi connectivity index (χ0n) is 17.2. The van der Waals surface area contributed by atoms with Crippen molar-refractivity contribution in [3.05, 3.63) is 60.2 Å². The van der Waals surface area contributed by atoms with Gasteiger partial charge in [-0.3, -0.25) is 14.3 Å². The molecule has 2 aromatic carbocycles. The van der Waals surface area contributed by atoms with Gasteiger partial charge in [0, 0.05) is 24.3 Å². The maximum atomic E-state index is 13.1. The normalized spacial score (nSPS) is 16.5. The highest BCUT2D eigenvalue weighted by Gasteiger charge is 2.34. The van der Waals surface area contributed by atoms with E-state index >= 15 is 0 Å². The van der Waals surface area contributed by atoms with Gasteiger partial charge in [-0.15, -0.1) is 0 Å². The molecule has 1 unspecified atom stereocenters. The Kier molecular flexibility index (Phi) is 6.77. The van der Waals surface area contributed by atoms with Crippen LogP contribution in [0, 0.1) is 5.92 Å². The summed E-state index contributed by atoms with van der Waals surface area (Å²) in [6.07, 6.45) is 1.38. The van der Waals surface area contributed by atoms with Crippen molar-refractivity contribution < 1.29 is 18.0 Å². The van der Waals surface area contributed by atoms with E-state index in [1.54, 1.807) is 41.3 Å². The molecular formula is C22H27N3O4S. The van der Waals surface area contributed by atoms with Crippen LogP contribution in [0.3, 0.4) is 0 Å². The summed E-state index contributed by atoms with van der Waals surface area (Å²) in [7, 11) is -3.75. The van der Waals surface area contributed by atoms with Gasteiger partial charge >= 0.3 is 0 Å². The van der Waals surface area contributed by atoms with Crippen LogP contribution in [0.4, 0.5) is 5.69 Å². The lowest BCUT2D eigenvalue weighted by molar-refractivity contribution is -0.125. The molecule has 30 heavy (non-hydrogen) atoms. The maximum Gasteiger partial charge on any atom is 0.261 e. The molecule has 2 N–H and O–H groups in total. The minimum atomic E-state index is -3.75. The topological polar surface area (TPSA) is 95.6 Å². The number of sulfonamides is 1. The third-order valence-corrected chi connectivity index (χ3v) is 6.31. The summed E-state index contributed by atoms with van der Waals surface area (Å²) in [5.41, 5.74) is 0.636. The van der Waals surface area contributed by atoms with Crippen molar-refractivity contribution in [3.63, 3.8) is 0 Å². The largest absolute Gasteiger partial charge is 0.354 e. The van der Waals surface area contributed by atoms with Gasteiger partial charge in [0.25, 0.3) is 15.9 Å². The SMILES string of the molecule is CC(C)CNC(=O)C1CCCN1C(=O)c1cccc(NS(=O)(=O)c2ccccc2)c1. The smallest absolute Gasteiger partial charge is 0.261 e. The lowest BCUT2D eigenvalue weighted by Crippen LogP contribution is -2.46. The number of amides is 2. The third-order valence-electron chi connectivity index (χ3n) is 4.92. The van der Waals surface area contributed by atoms with Gasteiger partial charge in [0.05, 0.1) is 4.90 Å². The molecule has 2 amide bonds. The van der Waals surface area contributed by atoms with Crippen LogP contribution >= 0.6 is 0 Å². The fourth-order valence-corrected chi connectivity index (χ4v) is 4.47. The molecule has 0 aromatic heterocycles. The van der Waals surface area contributed by atoms with E-state index in [1.165, 1.54) is 18.2 Å². The molecule has 160 valence electrons. The molecular weight excluding hydrogens is 402 g/mol. The number of carbonyl (C=O) groups excluding carboxylic acids is 2. The lowest BCUT2D eigenvalue weighted by atomic mass is 10.1. The molecule has 0 spiro atoms. The average Bonchev–Trinajstić information content (AvgIpc) is 3.22. The Hall–Kier alpha value is -2.87. The summed E-state index contributed by atoms with van der Waals surface area (Å²) in [6, 6.07) is 13.9. The van der Waals surface area contributed by atoms with Crippen molar-refractivity contribution in [2.24, 2.45) is 5.92 Å². The Morgan fingerprint density at radius 1 is 1.10 bits per heavy atom. The Morgan fingerprint density at radius 3 is 2.53 bits per heavy atom. The van der Waals surface area contributed by atoms with Crippen LogP contribution in [0.2, 0.25) is 0 Å². The van der Waals surface area contributed by atoms with E-state index in [2.05, 4.69) is 10.0 Å². The molecule has 1 atom stereocenters. The number of nitrogens with one attached hydrogen (secondary N) is 2. The number of hydrogen-bond acceptors (Lipinski definition) is 4. The van der Waals surface area contributed by atoms with E-state index in [4.69, 9.17) is 0 Å². The standard InChI is InChI=1S/C22H27N3O4S/c1-16(2)15-23-21(26)20-12-7-13-25(20)22(27)17-8-6-9-18(14-17)24-30(28,29)19-10-4-3-5-11-19/h3-6,8-11,14,16,20,24H,7,12-13,15H2,1-2H3,(H,23,26). The van der Waals surface area contributed by atoms with Gasteiger partial charge in [-0.05, 0) is 49.1 Å². The van der Waals surface area contributed by atoms with Crippen molar-refractivity contribution in [2.75, 3.05) is 17.8 Å². The van der Waals surface area contributed by atoms with Gasteiger partial charge in [-0.25, -0.2) is 8.42 Å². The van der Waals surface area contributed by atoms with E-state index in [9.17, 15) is 18.0 Å². The first kappa shape index (κ1) is 21.8. The molecule has 1 aliphatic rings. The van der Waals surface area contributed by atoms with E-state index < -0.39 is 16.1 Å². The zero-order valence-corrected chi connectivity index (χ0v) is 18.0. The van der Waals surface area contributed by atoms with Crippen molar-refractivity contribution in [1.29, 1.82) is 0 Å². The summed E-state index contributed by atoms with van der Waals surface area (Å²) in [6.45, 7) is 5.09. The van der Waals surface area contributed by atoms with Crippen molar-refractivity contribution in [1.82, 2.24) is 10.2 Å². The van der Waals surface area contributed by atoms with Gasteiger partial charge in [-0.2, -0.15) is 0 Å². The number of hydrogen-bond donors (Lipinski definition) is 2. The van der Waals surface area contributed by atoms with E-state index in [-0.39, 0.29) is 16.7 Å². The van der Waals surface area contributed by atoms with Gasteiger partial charge in [0.15, 0.2) is 0 Å². The predicted molar refractivity (Wildman–Crippen MR) is 116 cm³/mol. The van der Waals surface area contributed by atoms with Crippen LogP contribution < -0.4 is 10.0 Å². The second kappa shape index (κ2) is 9.30. The molecule has 3 rings (SSSR count). The van der Waals surface area contributed by atoms with Gasteiger partial charge in [-0.1, -0.05) is 38.1 Å². The first-order chi connectivity index (χ1) is 14.3. The molecule has 0 bridgehead atoms. The highest BCUT2D eigenvalue weighted by Crippen LogP contribution is 2.23. The first-order valence-electron chi connectivity index (χ1n) is 10.0. The number of carbonyl (C=O) groups is 2. The average molecular weight is 430 g/mol. The third kappa shape index (κ3) is 5.18. The number of likely N-dealkylation sites (tertiary alicyclic amines) is 1. The number of rotatable bonds is 7. The Morgan fingerprint density at radius 2 is 1.83 bits per heavy atom. The fourth-order valence-electron chi connectivity index (χ4n) is 3.40. The Labute approximate surface area is 177 Å². The van der Waals surface area contributed by atoms with Crippen molar-refractivity contribution >= 4 is 27.5 Å². The first-order valence-corrected chi connectivity index (χ1v) is 11.5. The second-order valence-corrected chi connectivity index (χ2v) is 9.48. The molecule has 0 aliphatic carbocycles. The van der Waals surface area contributed by atoms with E-state index in [0.717, 1.165) is 6.42 Å². The zero-order chi connectivity index (χ0) is 21.7.